The number of aliphatic hydroxyl groups excluding tert-OH is 1. The number of benzene rings is 2. The van der Waals surface area contributed by atoms with Crippen LogP contribution in [0, 0.1) is 19.7 Å². The fourth-order valence-electron chi connectivity index (χ4n) is 1.63. The summed E-state index contributed by atoms with van der Waals surface area (Å²) in [5.74, 6) is -0.287. The smallest absolute Gasteiger partial charge is 0.137 e. The second-order valence-corrected chi connectivity index (χ2v) is 5.39. The minimum Gasteiger partial charge on any atom is -0.392 e. The summed E-state index contributed by atoms with van der Waals surface area (Å²) in [6.45, 7) is 3.97. The first-order valence-corrected chi connectivity index (χ1v) is 6.56. The number of aryl methyl sites for hydroxylation is 2. The number of rotatable bonds is 3. The van der Waals surface area contributed by atoms with Gasteiger partial charge in [0.2, 0.25) is 0 Å². The summed E-state index contributed by atoms with van der Waals surface area (Å²) >= 11 is 1.40. The molecule has 0 saturated carbocycles. The molecule has 0 heterocycles. The van der Waals surface area contributed by atoms with Crippen LogP contribution in [0.5, 0.6) is 0 Å². The molecule has 0 spiro atoms. The van der Waals surface area contributed by atoms with Crippen molar-refractivity contribution in [3.8, 4) is 0 Å². The molecule has 0 bridgehead atoms. The predicted octanol–water partition coefficient (Wildman–Crippen LogP) is 4.09. The van der Waals surface area contributed by atoms with Crippen LogP contribution in [-0.4, -0.2) is 5.11 Å². The summed E-state index contributed by atoms with van der Waals surface area (Å²) in [4.78, 5) is 1.60. The minimum atomic E-state index is -0.287. The summed E-state index contributed by atoms with van der Waals surface area (Å²) in [7, 11) is 0. The Morgan fingerprint density at radius 3 is 2.44 bits per heavy atom. The first kappa shape index (κ1) is 13.1. The van der Waals surface area contributed by atoms with E-state index in [-0.39, 0.29) is 12.4 Å². The zero-order chi connectivity index (χ0) is 13.1. The summed E-state index contributed by atoms with van der Waals surface area (Å²) in [5, 5.41) is 8.94. The molecule has 1 nitrogen and oxygen atoms in total. The molecule has 18 heavy (non-hydrogen) atoms. The van der Waals surface area contributed by atoms with Crippen LogP contribution in [0.2, 0.25) is 0 Å². The van der Waals surface area contributed by atoms with Crippen molar-refractivity contribution in [1.29, 1.82) is 0 Å². The Bertz CT molecular complexity index is 566. The Kier molecular flexibility index (Phi) is 4.04. The Labute approximate surface area is 111 Å². The second kappa shape index (κ2) is 5.55. The van der Waals surface area contributed by atoms with E-state index in [1.54, 1.807) is 12.1 Å². The molecule has 3 heteroatoms. The van der Waals surface area contributed by atoms with E-state index in [4.69, 9.17) is 5.11 Å². The molecule has 1 N–H and O–H groups in total. The Morgan fingerprint density at radius 2 is 1.83 bits per heavy atom. The average molecular weight is 262 g/mol. The van der Waals surface area contributed by atoms with E-state index >= 15 is 0 Å². The summed E-state index contributed by atoms with van der Waals surface area (Å²) < 4.78 is 13.8. The maximum atomic E-state index is 13.8. The van der Waals surface area contributed by atoms with Crippen LogP contribution in [0.1, 0.15) is 16.7 Å². The highest BCUT2D eigenvalue weighted by atomic mass is 32.2. The lowest BCUT2D eigenvalue weighted by atomic mass is 10.1. The van der Waals surface area contributed by atoms with Crippen LogP contribution < -0.4 is 0 Å². The maximum absolute atomic E-state index is 13.8. The van der Waals surface area contributed by atoms with Crippen LogP contribution >= 0.6 is 11.8 Å². The minimum absolute atomic E-state index is 0.133. The standard InChI is InChI=1S/C15H15FOS/c1-10-3-5-13(7-11(10)2)18-15-6-4-12(9-17)8-14(15)16/h3-8,17H,9H2,1-2H3. The van der Waals surface area contributed by atoms with E-state index in [0.717, 1.165) is 4.90 Å². The lowest BCUT2D eigenvalue weighted by Crippen LogP contribution is -1.88. The fourth-order valence-corrected chi connectivity index (χ4v) is 2.55. The predicted molar refractivity (Wildman–Crippen MR) is 72.4 cm³/mol. The van der Waals surface area contributed by atoms with Gasteiger partial charge in [-0.25, -0.2) is 4.39 Å². The van der Waals surface area contributed by atoms with Crippen molar-refractivity contribution in [2.75, 3.05) is 0 Å². The third kappa shape index (κ3) is 2.92. The third-order valence-corrected chi connectivity index (χ3v) is 3.93. The molecule has 0 aromatic heterocycles. The molecule has 0 aliphatic rings. The molecule has 2 aromatic rings. The first-order chi connectivity index (χ1) is 8.60. The van der Waals surface area contributed by atoms with Crippen molar-refractivity contribution >= 4 is 11.8 Å². The Morgan fingerprint density at radius 1 is 1.06 bits per heavy atom. The van der Waals surface area contributed by atoms with Gasteiger partial charge in [0.15, 0.2) is 0 Å². The number of hydrogen-bond acceptors (Lipinski definition) is 2. The van der Waals surface area contributed by atoms with Crippen molar-refractivity contribution in [3.63, 3.8) is 0 Å². The van der Waals surface area contributed by atoms with Crippen molar-refractivity contribution in [2.45, 2.75) is 30.2 Å². The van der Waals surface area contributed by atoms with E-state index in [0.29, 0.717) is 10.5 Å². The Balaban J connectivity index is 2.25. The fraction of sp³-hybridized carbons (Fsp3) is 0.200. The maximum Gasteiger partial charge on any atom is 0.137 e. The van der Waals surface area contributed by atoms with E-state index in [9.17, 15) is 4.39 Å². The van der Waals surface area contributed by atoms with Gasteiger partial charge in [-0.15, -0.1) is 0 Å². The van der Waals surface area contributed by atoms with Gasteiger partial charge >= 0.3 is 0 Å². The van der Waals surface area contributed by atoms with Crippen molar-refractivity contribution in [2.24, 2.45) is 0 Å². The van der Waals surface area contributed by atoms with Crippen molar-refractivity contribution < 1.29 is 9.50 Å². The highest BCUT2D eigenvalue weighted by molar-refractivity contribution is 7.99. The third-order valence-electron chi connectivity index (χ3n) is 2.89. The Hall–Kier alpha value is -1.32. The first-order valence-electron chi connectivity index (χ1n) is 5.74. The van der Waals surface area contributed by atoms with Gasteiger partial charge in [-0.1, -0.05) is 23.9 Å². The molecule has 0 amide bonds. The van der Waals surface area contributed by atoms with Gasteiger partial charge in [-0.3, -0.25) is 0 Å². The van der Waals surface area contributed by atoms with Crippen LogP contribution in [0.4, 0.5) is 4.39 Å². The lowest BCUT2D eigenvalue weighted by molar-refractivity contribution is 0.281. The molecule has 0 aliphatic carbocycles. The highest BCUT2D eigenvalue weighted by Gasteiger charge is 2.06. The second-order valence-electron chi connectivity index (χ2n) is 4.27. The van der Waals surface area contributed by atoms with Gasteiger partial charge in [0, 0.05) is 9.79 Å². The number of hydrogen-bond donors (Lipinski definition) is 1. The SMILES string of the molecule is Cc1ccc(Sc2ccc(CO)cc2F)cc1C. The zero-order valence-electron chi connectivity index (χ0n) is 10.4. The van der Waals surface area contributed by atoms with Gasteiger partial charge in [-0.2, -0.15) is 0 Å². The summed E-state index contributed by atoms with van der Waals surface area (Å²) in [6, 6.07) is 10.9. The van der Waals surface area contributed by atoms with Crippen LogP contribution in [0.15, 0.2) is 46.2 Å². The monoisotopic (exact) mass is 262 g/mol. The van der Waals surface area contributed by atoms with Gasteiger partial charge in [0.1, 0.15) is 5.82 Å². The number of halogens is 1. The molecule has 0 atom stereocenters. The zero-order valence-corrected chi connectivity index (χ0v) is 11.2. The van der Waals surface area contributed by atoms with E-state index in [2.05, 4.69) is 13.0 Å². The van der Waals surface area contributed by atoms with E-state index in [1.165, 1.54) is 29.0 Å². The molecule has 0 fully saturated rings. The topological polar surface area (TPSA) is 20.2 Å². The molecule has 0 radical (unpaired) electrons. The molecular weight excluding hydrogens is 247 g/mol. The quantitative estimate of drug-likeness (QED) is 0.899. The van der Waals surface area contributed by atoms with Gasteiger partial charge in [-0.05, 0) is 54.8 Å². The molecule has 94 valence electrons. The molecule has 2 rings (SSSR count). The van der Waals surface area contributed by atoms with Gasteiger partial charge < -0.3 is 5.11 Å². The van der Waals surface area contributed by atoms with E-state index in [1.807, 2.05) is 19.1 Å². The highest BCUT2D eigenvalue weighted by Crippen LogP contribution is 2.31. The van der Waals surface area contributed by atoms with Crippen LogP contribution in [-0.2, 0) is 6.61 Å². The molecule has 0 unspecified atom stereocenters. The molecular formula is C15H15FOS. The van der Waals surface area contributed by atoms with Crippen LogP contribution in [0.3, 0.4) is 0 Å². The largest absolute Gasteiger partial charge is 0.392 e. The lowest BCUT2D eigenvalue weighted by Gasteiger charge is -2.07. The normalized spacial score (nSPS) is 10.7. The molecule has 2 aromatic carbocycles. The van der Waals surface area contributed by atoms with E-state index < -0.39 is 0 Å². The van der Waals surface area contributed by atoms with Crippen LogP contribution in [0.25, 0.3) is 0 Å². The number of aliphatic hydroxyl groups is 1. The molecule has 0 saturated heterocycles. The van der Waals surface area contributed by atoms with Gasteiger partial charge in [0.25, 0.3) is 0 Å². The molecule has 0 aliphatic heterocycles. The van der Waals surface area contributed by atoms with Crippen molar-refractivity contribution in [1.82, 2.24) is 0 Å². The summed E-state index contributed by atoms with van der Waals surface area (Å²) in [6.07, 6.45) is 0. The van der Waals surface area contributed by atoms with Crippen molar-refractivity contribution in [3.05, 3.63) is 58.9 Å². The summed E-state index contributed by atoms with van der Waals surface area (Å²) in [5.41, 5.74) is 3.03. The average Bonchev–Trinajstić information content (AvgIpc) is 2.36. The van der Waals surface area contributed by atoms with Gasteiger partial charge in [0.05, 0.1) is 6.61 Å².